The third kappa shape index (κ3) is 3.50. The molecular weight excluding hydrogens is 312 g/mol. The van der Waals surface area contributed by atoms with Gasteiger partial charge in [-0.05, 0) is 29.6 Å². The molecule has 2 rings (SSSR count). The number of thiophene rings is 1. The van der Waals surface area contributed by atoms with Crippen LogP contribution in [0.2, 0.25) is 0 Å². The maximum absolute atomic E-state index is 5.82. The molecule has 4 heteroatoms. The zero-order chi connectivity index (χ0) is 12.8. The molecular formula is C14H15BrO2S. The van der Waals surface area contributed by atoms with E-state index < -0.39 is 0 Å². The summed E-state index contributed by atoms with van der Waals surface area (Å²) < 4.78 is 11.0. The van der Waals surface area contributed by atoms with E-state index in [2.05, 4.69) is 33.4 Å². The summed E-state index contributed by atoms with van der Waals surface area (Å²) in [6, 6.07) is 10.1. The third-order valence-corrected chi connectivity index (χ3v) is 4.14. The van der Waals surface area contributed by atoms with Crippen molar-refractivity contribution in [2.75, 3.05) is 13.7 Å². The number of hydrogen-bond donors (Lipinski definition) is 0. The largest absolute Gasteiger partial charge is 0.497 e. The number of rotatable bonds is 6. The van der Waals surface area contributed by atoms with Gasteiger partial charge in [0.15, 0.2) is 0 Å². The zero-order valence-corrected chi connectivity index (χ0v) is 12.6. The van der Waals surface area contributed by atoms with E-state index in [9.17, 15) is 0 Å². The number of benzene rings is 1. The fourth-order valence-corrected chi connectivity index (χ4v) is 2.77. The number of methoxy groups -OCH3 is 1. The molecule has 1 aromatic heterocycles. The SMILES string of the molecule is COc1ccc(OCCc2cccs2)c(CBr)c1. The minimum Gasteiger partial charge on any atom is -0.497 e. The van der Waals surface area contributed by atoms with Crippen LogP contribution < -0.4 is 9.47 Å². The summed E-state index contributed by atoms with van der Waals surface area (Å²) >= 11 is 5.23. The molecule has 2 aromatic rings. The normalized spacial score (nSPS) is 10.3. The average Bonchev–Trinajstić information content (AvgIpc) is 2.92. The molecule has 0 radical (unpaired) electrons. The minimum atomic E-state index is 0.701. The van der Waals surface area contributed by atoms with Gasteiger partial charge < -0.3 is 9.47 Å². The van der Waals surface area contributed by atoms with E-state index in [0.29, 0.717) is 6.61 Å². The Bertz CT molecular complexity index is 483. The summed E-state index contributed by atoms with van der Waals surface area (Å²) in [7, 11) is 1.67. The second kappa shape index (κ2) is 6.81. The van der Waals surface area contributed by atoms with Crippen molar-refractivity contribution in [3.05, 3.63) is 46.2 Å². The lowest BCUT2D eigenvalue weighted by molar-refractivity contribution is 0.319. The van der Waals surface area contributed by atoms with Crippen LogP contribution in [0.25, 0.3) is 0 Å². The summed E-state index contributed by atoms with van der Waals surface area (Å²) in [5, 5.41) is 2.85. The van der Waals surface area contributed by atoms with Gasteiger partial charge in [-0.15, -0.1) is 11.3 Å². The average molecular weight is 327 g/mol. The summed E-state index contributed by atoms with van der Waals surface area (Å²) in [4.78, 5) is 1.35. The topological polar surface area (TPSA) is 18.5 Å². The summed E-state index contributed by atoms with van der Waals surface area (Å²) in [6.45, 7) is 0.701. The van der Waals surface area contributed by atoms with Crippen LogP contribution in [0.3, 0.4) is 0 Å². The highest BCUT2D eigenvalue weighted by Crippen LogP contribution is 2.26. The highest BCUT2D eigenvalue weighted by molar-refractivity contribution is 9.08. The molecule has 1 aromatic carbocycles. The van der Waals surface area contributed by atoms with E-state index >= 15 is 0 Å². The lowest BCUT2D eigenvalue weighted by Crippen LogP contribution is -2.02. The molecule has 0 unspecified atom stereocenters. The van der Waals surface area contributed by atoms with E-state index in [1.54, 1.807) is 18.4 Å². The minimum absolute atomic E-state index is 0.701. The Hall–Kier alpha value is -1.00. The van der Waals surface area contributed by atoms with Crippen LogP contribution in [0.4, 0.5) is 0 Å². The van der Waals surface area contributed by atoms with Crippen molar-refractivity contribution < 1.29 is 9.47 Å². The van der Waals surface area contributed by atoms with Crippen LogP contribution in [0.5, 0.6) is 11.5 Å². The van der Waals surface area contributed by atoms with Gasteiger partial charge in [-0.1, -0.05) is 22.0 Å². The van der Waals surface area contributed by atoms with Crippen molar-refractivity contribution in [2.24, 2.45) is 0 Å². The fourth-order valence-electron chi connectivity index (χ4n) is 1.64. The molecule has 18 heavy (non-hydrogen) atoms. The van der Waals surface area contributed by atoms with Crippen molar-refractivity contribution in [2.45, 2.75) is 11.8 Å². The quantitative estimate of drug-likeness (QED) is 0.738. The molecule has 0 fully saturated rings. The summed E-state index contributed by atoms with van der Waals surface area (Å²) in [5.74, 6) is 1.78. The molecule has 0 atom stereocenters. The van der Waals surface area contributed by atoms with E-state index in [1.807, 2.05) is 18.2 Å². The first-order valence-electron chi connectivity index (χ1n) is 5.71. The van der Waals surface area contributed by atoms with Crippen LogP contribution >= 0.6 is 27.3 Å². The van der Waals surface area contributed by atoms with Gasteiger partial charge in [0.2, 0.25) is 0 Å². The Kier molecular flexibility index (Phi) is 5.08. The first-order chi connectivity index (χ1) is 8.83. The van der Waals surface area contributed by atoms with Gasteiger partial charge in [-0.2, -0.15) is 0 Å². The van der Waals surface area contributed by atoms with Crippen LogP contribution in [0.1, 0.15) is 10.4 Å². The lowest BCUT2D eigenvalue weighted by Gasteiger charge is -2.11. The van der Waals surface area contributed by atoms with Crippen molar-refractivity contribution in [3.63, 3.8) is 0 Å². The van der Waals surface area contributed by atoms with E-state index in [4.69, 9.17) is 9.47 Å². The predicted octanol–water partition coefficient (Wildman–Crippen LogP) is 4.27. The van der Waals surface area contributed by atoms with Gasteiger partial charge in [-0.3, -0.25) is 0 Å². The fraction of sp³-hybridized carbons (Fsp3) is 0.286. The van der Waals surface area contributed by atoms with Crippen LogP contribution in [-0.2, 0) is 11.8 Å². The molecule has 0 spiro atoms. The standard InChI is InChI=1S/C14H15BrO2S/c1-16-12-4-5-14(11(9-12)10-15)17-7-6-13-3-2-8-18-13/h2-5,8-9H,6-7,10H2,1H3. The highest BCUT2D eigenvalue weighted by Gasteiger charge is 2.05. The van der Waals surface area contributed by atoms with Crippen LogP contribution in [0.15, 0.2) is 35.7 Å². The smallest absolute Gasteiger partial charge is 0.123 e. The molecule has 0 aliphatic rings. The number of halogens is 1. The predicted molar refractivity (Wildman–Crippen MR) is 79.1 cm³/mol. The first kappa shape index (κ1) is 13.4. The maximum Gasteiger partial charge on any atom is 0.123 e. The number of hydrogen-bond acceptors (Lipinski definition) is 3. The van der Waals surface area contributed by atoms with Gasteiger partial charge in [0, 0.05) is 22.2 Å². The van der Waals surface area contributed by atoms with E-state index in [0.717, 1.165) is 28.8 Å². The molecule has 0 amide bonds. The molecule has 0 saturated carbocycles. The molecule has 96 valence electrons. The van der Waals surface area contributed by atoms with Crippen LogP contribution in [0, 0.1) is 0 Å². The summed E-state index contributed by atoms with van der Waals surface area (Å²) in [6.07, 6.45) is 0.950. The monoisotopic (exact) mass is 326 g/mol. The van der Waals surface area contributed by atoms with Crippen LogP contribution in [-0.4, -0.2) is 13.7 Å². The zero-order valence-electron chi connectivity index (χ0n) is 10.2. The molecule has 0 aliphatic heterocycles. The van der Waals surface area contributed by atoms with Crippen molar-refractivity contribution in [1.82, 2.24) is 0 Å². The van der Waals surface area contributed by atoms with Gasteiger partial charge in [-0.25, -0.2) is 0 Å². The molecule has 0 saturated heterocycles. The van der Waals surface area contributed by atoms with Crippen molar-refractivity contribution >= 4 is 27.3 Å². The second-order valence-electron chi connectivity index (χ2n) is 3.79. The van der Waals surface area contributed by atoms with Gasteiger partial charge in [0.05, 0.1) is 13.7 Å². The Morgan fingerprint density at radius 1 is 1.28 bits per heavy atom. The highest BCUT2D eigenvalue weighted by atomic mass is 79.9. The van der Waals surface area contributed by atoms with Crippen molar-refractivity contribution in [1.29, 1.82) is 0 Å². The van der Waals surface area contributed by atoms with Gasteiger partial charge in [0.1, 0.15) is 11.5 Å². The Morgan fingerprint density at radius 2 is 2.17 bits per heavy atom. The lowest BCUT2D eigenvalue weighted by atomic mass is 10.2. The molecule has 0 aliphatic carbocycles. The molecule has 1 heterocycles. The van der Waals surface area contributed by atoms with E-state index in [-0.39, 0.29) is 0 Å². The Morgan fingerprint density at radius 3 is 2.83 bits per heavy atom. The molecule has 2 nitrogen and oxygen atoms in total. The second-order valence-corrected chi connectivity index (χ2v) is 5.38. The Balaban J connectivity index is 1.96. The first-order valence-corrected chi connectivity index (χ1v) is 7.71. The number of alkyl halides is 1. The third-order valence-electron chi connectivity index (χ3n) is 2.60. The molecule has 0 bridgehead atoms. The van der Waals surface area contributed by atoms with Gasteiger partial charge >= 0.3 is 0 Å². The molecule has 0 N–H and O–H groups in total. The maximum atomic E-state index is 5.82. The number of ether oxygens (including phenoxy) is 2. The van der Waals surface area contributed by atoms with Crippen molar-refractivity contribution in [3.8, 4) is 11.5 Å². The summed E-state index contributed by atoms with van der Waals surface area (Å²) in [5.41, 5.74) is 1.11. The van der Waals surface area contributed by atoms with E-state index in [1.165, 1.54) is 4.88 Å². The Labute approximate surface area is 120 Å². The van der Waals surface area contributed by atoms with Gasteiger partial charge in [0.25, 0.3) is 0 Å².